The van der Waals surface area contributed by atoms with Crippen molar-refractivity contribution < 1.29 is 9.59 Å². The molecular weight excluding hydrogens is 334 g/mol. The third-order valence-corrected chi connectivity index (χ3v) is 4.50. The Morgan fingerprint density at radius 3 is 2.83 bits per heavy atom. The van der Waals surface area contributed by atoms with Crippen molar-refractivity contribution in [2.75, 3.05) is 11.9 Å². The number of halogens is 1. The van der Waals surface area contributed by atoms with Crippen LogP contribution in [0.1, 0.15) is 10.5 Å². The summed E-state index contributed by atoms with van der Waals surface area (Å²) in [6.07, 6.45) is 0. The fourth-order valence-corrected chi connectivity index (χ4v) is 3.33. The lowest BCUT2D eigenvalue weighted by Crippen LogP contribution is -2.33. The van der Waals surface area contributed by atoms with E-state index in [1.165, 1.54) is 0 Å². The highest BCUT2D eigenvalue weighted by Gasteiger charge is 2.14. The van der Waals surface area contributed by atoms with Crippen LogP contribution in [-0.4, -0.2) is 22.9 Å². The van der Waals surface area contributed by atoms with E-state index in [9.17, 15) is 9.59 Å². The van der Waals surface area contributed by atoms with Gasteiger partial charge in [-0.2, -0.15) is 0 Å². The zero-order valence-corrected chi connectivity index (χ0v) is 13.9. The highest BCUT2D eigenvalue weighted by molar-refractivity contribution is 7.17. The van der Waals surface area contributed by atoms with Gasteiger partial charge in [-0.15, -0.1) is 11.3 Å². The van der Waals surface area contributed by atoms with E-state index in [1.54, 1.807) is 35.6 Å². The van der Waals surface area contributed by atoms with E-state index in [4.69, 9.17) is 11.6 Å². The van der Waals surface area contributed by atoms with Crippen molar-refractivity contribution in [3.63, 3.8) is 0 Å². The molecule has 2 aromatic heterocycles. The van der Waals surface area contributed by atoms with Gasteiger partial charge in [-0.05, 0) is 35.7 Å². The maximum atomic E-state index is 12.2. The minimum atomic E-state index is -0.309. The molecule has 3 rings (SSSR count). The molecule has 2 heterocycles. The number of nitrogens with zero attached hydrogens (tertiary/aromatic N) is 1. The van der Waals surface area contributed by atoms with Gasteiger partial charge in [0.1, 0.15) is 5.69 Å². The van der Waals surface area contributed by atoms with Crippen LogP contribution in [-0.2, 0) is 11.8 Å². The quantitative estimate of drug-likeness (QED) is 0.761. The Morgan fingerprint density at radius 2 is 2.09 bits per heavy atom. The first-order valence-corrected chi connectivity index (χ1v) is 8.17. The minimum absolute atomic E-state index is 0.107. The zero-order valence-electron chi connectivity index (χ0n) is 12.3. The highest BCUT2D eigenvalue weighted by Crippen LogP contribution is 2.24. The van der Waals surface area contributed by atoms with Gasteiger partial charge in [0.15, 0.2) is 0 Å². The average Bonchev–Trinajstić information content (AvgIpc) is 3.08. The van der Waals surface area contributed by atoms with Crippen LogP contribution >= 0.6 is 22.9 Å². The number of aromatic nitrogens is 1. The van der Waals surface area contributed by atoms with E-state index in [1.807, 2.05) is 29.1 Å². The van der Waals surface area contributed by atoms with Crippen LogP contribution < -0.4 is 10.6 Å². The second-order valence-corrected chi connectivity index (χ2v) is 6.38. The van der Waals surface area contributed by atoms with E-state index >= 15 is 0 Å². The number of nitrogens with one attached hydrogen (secondary N) is 2. The predicted octanol–water partition coefficient (Wildman–Crippen LogP) is 3.26. The Balaban J connectivity index is 1.61. The number of anilines is 1. The van der Waals surface area contributed by atoms with Crippen molar-refractivity contribution >= 4 is 50.7 Å². The van der Waals surface area contributed by atoms with Crippen LogP contribution in [0.5, 0.6) is 0 Å². The molecule has 0 atom stereocenters. The van der Waals surface area contributed by atoms with Gasteiger partial charge in [-0.3, -0.25) is 9.59 Å². The van der Waals surface area contributed by atoms with Gasteiger partial charge in [0.2, 0.25) is 5.91 Å². The van der Waals surface area contributed by atoms with Crippen molar-refractivity contribution in [3.05, 3.63) is 52.5 Å². The fourth-order valence-electron chi connectivity index (χ4n) is 2.29. The number of aryl methyl sites for hydroxylation is 1. The molecule has 2 N–H and O–H groups in total. The molecule has 0 aliphatic heterocycles. The Bertz CT molecular complexity index is 884. The molecule has 0 aliphatic carbocycles. The van der Waals surface area contributed by atoms with Crippen LogP contribution in [0.15, 0.2) is 41.8 Å². The maximum Gasteiger partial charge on any atom is 0.268 e. The second-order valence-electron chi connectivity index (χ2n) is 5.00. The molecular formula is C16H14ClN3O2S. The Hall–Kier alpha value is -2.31. The average molecular weight is 348 g/mol. The fraction of sp³-hybridized carbons (Fsp3) is 0.125. The summed E-state index contributed by atoms with van der Waals surface area (Å²) in [7, 11) is 1.83. The summed E-state index contributed by atoms with van der Waals surface area (Å²) in [4.78, 5) is 24.1. The Labute approximate surface area is 141 Å². The molecule has 7 heteroatoms. The van der Waals surface area contributed by atoms with Gasteiger partial charge in [0.05, 0.1) is 16.8 Å². The Kier molecular flexibility index (Phi) is 4.36. The first-order valence-electron chi connectivity index (χ1n) is 6.91. The first kappa shape index (κ1) is 15.6. The number of carbonyl (C=O) groups is 2. The van der Waals surface area contributed by atoms with Gasteiger partial charge in [0.25, 0.3) is 5.91 Å². The molecule has 0 saturated carbocycles. The van der Waals surface area contributed by atoms with E-state index in [2.05, 4.69) is 10.6 Å². The van der Waals surface area contributed by atoms with Crippen LogP contribution in [0.25, 0.3) is 10.2 Å². The number of rotatable bonds is 4. The largest absolute Gasteiger partial charge is 0.342 e. The standard InChI is InChI=1S/C16H14ClN3O2S/c1-20-12-5-6-23-14(12)8-13(20)16(22)18-9-15(21)19-11-4-2-3-10(17)7-11/h2-8H,9H2,1H3,(H,18,22)(H,19,21). The van der Waals surface area contributed by atoms with Crippen molar-refractivity contribution in [2.45, 2.75) is 0 Å². The third-order valence-electron chi connectivity index (χ3n) is 3.41. The van der Waals surface area contributed by atoms with Crippen LogP contribution in [0, 0.1) is 0 Å². The van der Waals surface area contributed by atoms with Gasteiger partial charge in [-0.1, -0.05) is 17.7 Å². The van der Waals surface area contributed by atoms with Gasteiger partial charge >= 0.3 is 0 Å². The molecule has 0 spiro atoms. The van der Waals surface area contributed by atoms with Crippen molar-refractivity contribution in [3.8, 4) is 0 Å². The molecule has 118 valence electrons. The van der Waals surface area contributed by atoms with E-state index in [0.29, 0.717) is 16.4 Å². The van der Waals surface area contributed by atoms with E-state index < -0.39 is 0 Å². The van der Waals surface area contributed by atoms with E-state index in [0.717, 1.165) is 10.2 Å². The zero-order chi connectivity index (χ0) is 16.4. The van der Waals surface area contributed by atoms with Crippen molar-refractivity contribution in [1.82, 2.24) is 9.88 Å². The summed E-state index contributed by atoms with van der Waals surface area (Å²) >= 11 is 7.43. The number of carbonyl (C=O) groups excluding carboxylic acids is 2. The molecule has 2 amide bonds. The Morgan fingerprint density at radius 1 is 1.26 bits per heavy atom. The molecule has 0 bridgehead atoms. The molecule has 0 fully saturated rings. The molecule has 3 aromatic rings. The van der Waals surface area contributed by atoms with Crippen molar-refractivity contribution in [1.29, 1.82) is 0 Å². The molecule has 0 saturated heterocycles. The highest BCUT2D eigenvalue weighted by atomic mass is 35.5. The smallest absolute Gasteiger partial charge is 0.268 e. The summed E-state index contributed by atoms with van der Waals surface area (Å²) in [5.74, 6) is -0.589. The lowest BCUT2D eigenvalue weighted by molar-refractivity contribution is -0.115. The molecule has 0 unspecified atom stereocenters. The summed E-state index contributed by atoms with van der Waals surface area (Å²) in [5, 5.41) is 7.82. The van der Waals surface area contributed by atoms with Gasteiger partial charge in [-0.25, -0.2) is 0 Å². The number of amides is 2. The lowest BCUT2D eigenvalue weighted by atomic mass is 10.3. The van der Waals surface area contributed by atoms with Gasteiger partial charge < -0.3 is 15.2 Å². The van der Waals surface area contributed by atoms with Crippen LogP contribution in [0.3, 0.4) is 0 Å². The van der Waals surface area contributed by atoms with Gasteiger partial charge in [0, 0.05) is 17.8 Å². The summed E-state index contributed by atoms with van der Waals surface area (Å²) in [6.45, 7) is -0.107. The third kappa shape index (κ3) is 3.38. The maximum absolute atomic E-state index is 12.2. The number of thiophene rings is 1. The molecule has 23 heavy (non-hydrogen) atoms. The molecule has 5 nitrogen and oxygen atoms in total. The number of hydrogen-bond donors (Lipinski definition) is 2. The topological polar surface area (TPSA) is 63.1 Å². The molecule has 1 aromatic carbocycles. The van der Waals surface area contributed by atoms with Crippen LogP contribution in [0.4, 0.5) is 5.69 Å². The first-order chi connectivity index (χ1) is 11.0. The predicted molar refractivity (Wildman–Crippen MR) is 93.2 cm³/mol. The minimum Gasteiger partial charge on any atom is -0.342 e. The molecule has 0 aliphatic rings. The number of hydrogen-bond acceptors (Lipinski definition) is 3. The van der Waals surface area contributed by atoms with Crippen LogP contribution in [0.2, 0.25) is 5.02 Å². The van der Waals surface area contributed by atoms with Crippen molar-refractivity contribution in [2.24, 2.45) is 7.05 Å². The number of fused-ring (bicyclic) bond motifs is 1. The summed E-state index contributed by atoms with van der Waals surface area (Å²) in [5.41, 5.74) is 2.13. The normalized spacial score (nSPS) is 10.7. The summed E-state index contributed by atoms with van der Waals surface area (Å²) in [6, 6.07) is 10.6. The second kappa shape index (κ2) is 6.44. The monoisotopic (exact) mass is 347 g/mol. The molecule has 0 radical (unpaired) electrons. The SMILES string of the molecule is Cn1c(C(=O)NCC(=O)Nc2cccc(Cl)c2)cc2sccc21. The van der Waals surface area contributed by atoms with E-state index in [-0.39, 0.29) is 18.4 Å². The number of benzene rings is 1. The summed E-state index contributed by atoms with van der Waals surface area (Å²) < 4.78 is 2.86. The lowest BCUT2D eigenvalue weighted by Gasteiger charge is -2.08.